The van der Waals surface area contributed by atoms with E-state index in [4.69, 9.17) is 4.74 Å². The number of H-pyrrole nitrogens is 1. The van der Waals surface area contributed by atoms with Gasteiger partial charge in [-0.3, -0.25) is 9.89 Å². The summed E-state index contributed by atoms with van der Waals surface area (Å²) < 4.78 is 6.24. The number of carbonyl (C=O) groups excluding carboxylic acids is 1. The molecule has 3 rings (SSSR count). The Balaban J connectivity index is 1.75. The summed E-state index contributed by atoms with van der Waals surface area (Å²) in [5.74, 6) is 0.502. The first-order valence-electron chi connectivity index (χ1n) is 9.61. The van der Waals surface area contributed by atoms with Crippen LogP contribution in [-0.4, -0.2) is 46.3 Å². The number of fused-ring (bicyclic) bond motifs is 1. The molecule has 2 heterocycles. The van der Waals surface area contributed by atoms with Gasteiger partial charge in [-0.2, -0.15) is 5.10 Å². The second kappa shape index (κ2) is 7.68. The smallest absolute Gasteiger partial charge is 0.274 e. The lowest BCUT2D eigenvalue weighted by Crippen LogP contribution is -2.51. The van der Waals surface area contributed by atoms with E-state index in [0.29, 0.717) is 24.7 Å². The number of hydrogen-bond donors (Lipinski definition) is 1. The van der Waals surface area contributed by atoms with Crippen molar-refractivity contribution < 1.29 is 9.53 Å². The normalized spacial score (nSPS) is 24.2. The average Bonchev–Trinajstić information content (AvgIpc) is 3.03. The summed E-state index contributed by atoms with van der Waals surface area (Å²) in [6, 6.07) is 0. The van der Waals surface area contributed by atoms with E-state index in [1.54, 1.807) is 0 Å². The Labute approximate surface area is 145 Å². The van der Waals surface area contributed by atoms with Gasteiger partial charge in [0.15, 0.2) is 5.69 Å². The molecule has 1 aliphatic heterocycles. The second-order valence-corrected chi connectivity index (χ2v) is 7.63. The number of nitrogens with one attached hydrogen (secondary N) is 1. The highest BCUT2D eigenvalue weighted by atomic mass is 16.5. The minimum absolute atomic E-state index is 0.0878. The van der Waals surface area contributed by atoms with Crippen LogP contribution in [0.3, 0.4) is 0 Å². The fraction of sp³-hybridized carbons (Fsp3) is 0.789. The number of morpholine rings is 1. The Hall–Kier alpha value is -1.36. The zero-order chi connectivity index (χ0) is 17.1. The molecule has 0 bridgehead atoms. The Morgan fingerprint density at radius 1 is 1.33 bits per heavy atom. The van der Waals surface area contributed by atoms with Crippen molar-refractivity contribution in [2.45, 2.75) is 77.9 Å². The van der Waals surface area contributed by atoms with Crippen LogP contribution in [0, 0.1) is 5.92 Å². The fourth-order valence-corrected chi connectivity index (χ4v) is 3.80. The molecule has 1 fully saturated rings. The molecule has 134 valence electrons. The molecular formula is C19H31N3O2. The van der Waals surface area contributed by atoms with Crippen LogP contribution in [0.4, 0.5) is 0 Å². The van der Waals surface area contributed by atoms with Gasteiger partial charge in [0.25, 0.3) is 5.91 Å². The predicted molar refractivity (Wildman–Crippen MR) is 94.2 cm³/mol. The van der Waals surface area contributed by atoms with Gasteiger partial charge in [-0.25, -0.2) is 0 Å². The van der Waals surface area contributed by atoms with Gasteiger partial charge in [-0.15, -0.1) is 0 Å². The van der Waals surface area contributed by atoms with Gasteiger partial charge in [-0.1, -0.05) is 33.6 Å². The highest BCUT2D eigenvalue weighted by molar-refractivity contribution is 5.94. The van der Waals surface area contributed by atoms with Crippen LogP contribution in [0.25, 0.3) is 0 Å². The molecule has 0 unspecified atom stereocenters. The number of aromatic nitrogens is 2. The summed E-state index contributed by atoms with van der Waals surface area (Å²) in [6.45, 7) is 7.92. The number of amides is 1. The molecule has 0 radical (unpaired) electrons. The number of unbranched alkanes of at least 4 members (excludes halogenated alkanes) is 1. The van der Waals surface area contributed by atoms with E-state index in [2.05, 4.69) is 31.0 Å². The molecule has 2 aliphatic rings. The van der Waals surface area contributed by atoms with Crippen LogP contribution in [0.1, 0.15) is 74.6 Å². The number of nitrogens with zero attached hydrogens (tertiary/aromatic N) is 2. The van der Waals surface area contributed by atoms with E-state index >= 15 is 0 Å². The summed E-state index contributed by atoms with van der Waals surface area (Å²) in [4.78, 5) is 15.1. The van der Waals surface area contributed by atoms with Gasteiger partial charge in [0.05, 0.1) is 12.2 Å². The van der Waals surface area contributed by atoms with Crippen molar-refractivity contribution in [2.75, 3.05) is 13.1 Å². The zero-order valence-electron chi connectivity index (χ0n) is 15.3. The highest BCUT2D eigenvalue weighted by Crippen LogP contribution is 2.26. The largest absolute Gasteiger partial charge is 0.371 e. The van der Waals surface area contributed by atoms with Crippen LogP contribution in [0.2, 0.25) is 0 Å². The summed E-state index contributed by atoms with van der Waals surface area (Å²) in [7, 11) is 0. The Kier molecular flexibility index (Phi) is 5.59. The quantitative estimate of drug-likeness (QED) is 0.899. The number of hydrogen-bond acceptors (Lipinski definition) is 3. The second-order valence-electron chi connectivity index (χ2n) is 7.63. The van der Waals surface area contributed by atoms with Gasteiger partial charge in [-0.05, 0) is 38.0 Å². The minimum Gasteiger partial charge on any atom is -0.371 e. The third-order valence-electron chi connectivity index (χ3n) is 5.36. The van der Waals surface area contributed by atoms with Crippen molar-refractivity contribution >= 4 is 5.91 Å². The van der Waals surface area contributed by atoms with E-state index in [1.165, 1.54) is 12.1 Å². The molecule has 1 N–H and O–H groups in total. The summed E-state index contributed by atoms with van der Waals surface area (Å²) in [5.41, 5.74) is 2.98. The third kappa shape index (κ3) is 3.66. The van der Waals surface area contributed by atoms with Gasteiger partial charge in [0, 0.05) is 24.3 Å². The standard InChI is InChI=1S/C19H31N3O2/c1-4-5-8-14-11-22(12-17(24-14)13(2)3)19(23)18-15-9-6-7-10-16(15)20-21-18/h13-14,17H,4-12H2,1-3H3,(H,20,21)/t14-,17-/m1/s1. The summed E-state index contributed by atoms with van der Waals surface area (Å²) >= 11 is 0. The Morgan fingerprint density at radius 3 is 2.88 bits per heavy atom. The van der Waals surface area contributed by atoms with Gasteiger partial charge < -0.3 is 9.64 Å². The van der Waals surface area contributed by atoms with Crippen molar-refractivity contribution in [1.29, 1.82) is 0 Å². The monoisotopic (exact) mass is 333 g/mol. The molecule has 2 atom stereocenters. The molecule has 1 aromatic rings. The predicted octanol–water partition coefficient (Wildman–Crippen LogP) is 3.34. The van der Waals surface area contributed by atoms with E-state index < -0.39 is 0 Å². The maximum atomic E-state index is 13.1. The molecule has 5 heteroatoms. The zero-order valence-corrected chi connectivity index (χ0v) is 15.3. The van der Waals surface area contributed by atoms with E-state index in [9.17, 15) is 4.79 Å². The topological polar surface area (TPSA) is 58.2 Å². The highest BCUT2D eigenvalue weighted by Gasteiger charge is 2.34. The Morgan fingerprint density at radius 2 is 2.12 bits per heavy atom. The first-order valence-corrected chi connectivity index (χ1v) is 9.61. The lowest BCUT2D eigenvalue weighted by molar-refractivity contribution is -0.0963. The number of aryl methyl sites for hydroxylation is 1. The minimum atomic E-state index is 0.0878. The molecule has 1 amide bonds. The number of rotatable bonds is 5. The summed E-state index contributed by atoms with van der Waals surface area (Å²) in [5, 5.41) is 7.47. The van der Waals surface area contributed by atoms with Gasteiger partial charge in [0.2, 0.25) is 0 Å². The molecule has 0 spiro atoms. The van der Waals surface area contributed by atoms with E-state index in [-0.39, 0.29) is 18.1 Å². The Bertz CT molecular complexity index is 567. The van der Waals surface area contributed by atoms with Crippen LogP contribution in [-0.2, 0) is 17.6 Å². The van der Waals surface area contributed by atoms with Gasteiger partial charge in [0.1, 0.15) is 0 Å². The average molecular weight is 333 g/mol. The molecule has 1 aliphatic carbocycles. The SMILES string of the molecule is CCCC[C@@H]1CN(C(=O)c2n[nH]c3c2CCCC3)C[C@H](C(C)C)O1. The van der Waals surface area contributed by atoms with E-state index in [1.807, 2.05) is 4.90 Å². The van der Waals surface area contributed by atoms with Gasteiger partial charge >= 0.3 is 0 Å². The third-order valence-corrected chi connectivity index (χ3v) is 5.36. The first-order chi connectivity index (χ1) is 11.6. The van der Waals surface area contributed by atoms with Crippen molar-refractivity contribution in [2.24, 2.45) is 5.92 Å². The molecular weight excluding hydrogens is 302 g/mol. The molecule has 5 nitrogen and oxygen atoms in total. The molecule has 0 aromatic carbocycles. The lowest BCUT2D eigenvalue weighted by atomic mass is 9.95. The first kappa shape index (κ1) is 17.5. The molecule has 0 saturated carbocycles. The number of aromatic amines is 1. The van der Waals surface area contributed by atoms with Crippen molar-refractivity contribution in [3.05, 3.63) is 17.0 Å². The van der Waals surface area contributed by atoms with E-state index in [0.717, 1.165) is 44.1 Å². The van der Waals surface area contributed by atoms with Crippen LogP contribution < -0.4 is 0 Å². The van der Waals surface area contributed by atoms with Crippen molar-refractivity contribution in [3.8, 4) is 0 Å². The lowest BCUT2D eigenvalue weighted by Gasteiger charge is -2.39. The molecule has 1 saturated heterocycles. The van der Waals surface area contributed by atoms with Crippen molar-refractivity contribution in [3.63, 3.8) is 0 Å². The maximum Gasteiger partial charge on any atom is 0.274 e. The van der Waals surface area contributed by atoms with Crippen LogP contribution in [0.5, 0.6) is 0 Å². The van der Waals surface area contributed by atoms with Crippen LogP contribution in [0.15, 0.2) is 0 Å². The summed E-state index contributed by atoms with van der Waals surface area (Å²) in [6.07, 6.45) is 7.96. The number of carbonyl (C=O) groups is 1. The van der Waals surface area contributed by atoms with Crippen LogP contribution >= 0.6 is 0 Å². The molecule has 1 aromatic heterocycles. The maximum absolute atomic E-state index is 13.1. The fourth-order valence-electron chi connectivity index (χ4n) is 3.80. The molecule has 24 heavy (non-hydrogen) atoms. The number of ether oxygens (including phenoxy) is 1. The van der Waals surface area contributed by atoms with Crippen molar-refractivity contribution in [1.82, 2.24) is 15.1 Å².